The normalized spacial score (nSPS) is 11.2. The third-order valence-electron chi connectivity index (χ3n) is 2.69. The molecule has 0 aliphatic carbocycles. The third-order valence-corrected chi connectivity index (χ3v) is 2.69. The Morgan fingerprint density at radius 1 is 1.09 bits per heavy atom. The van der Waals surface area contributed by atoms with Crippen molar-refractivity contribution >= 4 is 17.6 Å². The van der Waals surface area contributed by atoms with E-state index in [1.165, 1.54) is 18.4 Å². The Balaban J connectivity index is 2.94. The maximum atomic E-state index is 11.9. The van der Waals surface area contributed by atoms with Crippen molar-refractivity contribution in [2.24, 2.45) is 0 Å². The lowest BCUT2D eigenvalue weighted by atomic mass is 10.2. The number of esters is 2. The Bertz CT molecular complexity index is 592. The lowest BCUT2D eigenvalue weighted by Crippen LogP contribution is -2.09. The summed E-state index contributed by atoms with van der Waals surface area (Å²) in [5.74, 6) is -0.447. The quantitative estimate of drug-likeness (QED) is 0.451. The number of benzene rings is 1. The molecule has 1 rings (SSSR count). The smallest absolute Gasteiger partial charge is 0.339 e. The van der Waals surface area contributed by atoms with Crippen LogP contribution >= 0.6 is 0 Å². The molecule has 0 atom stereocenters. The summed E-state index contributed by atoms with van der Waals surface area (Å²) in [4.78, 5) is 23.3. The van der Waals surface area contributed by atoms with E-state index in [-0.39, 0.29) is 18.8 Å². The first-order chi connectivity index (χ1) is 11.1. The summed E-state index contributed by atoms with van der Waals surface area (Å²) in [6.07, 6.45) is 3.97. The molecule has 0 aliphatic heterocycles. The summed E-state index contributed by atoms with van der Waals surface area (Å²) in [6, 6.07) is 7.25. The van der Waals surface area contributed by atoms with E-state index in [1.807, 2.05) is 12.1 Å². The van der Waals surface area contributed by atoms with Crippen LogP contribution in [0.5, 0.6) is 5.75 Å². The lowest BCUT2D eigenvalue weighted by Gasteiger charge is -2.09. The van der Waals surface area contributed by atoms with Crippen molar-refractivity contribution < 1.29 is 23.8 Å². The minimum Gasteiger partial charge on any atom is -0.495 e. The van der Waals surface area contributed by atoms with Gasteiger partial charge in [-0.3, -0.25) is 0 Å². The summed E-state index contributed by atoms with van der Waals surface area (Å²) in [6.45, 7) is 3.91. The van der Waals surface area contributed by atoms with Gasteiger partial charge in [-0.2, -0.15) is 0 Å². The molecular weight excluding hydrogens is 298 g/mol. The highest BCUT2D eigenvalue weighted by Crippen LogP contribution is 2.23. The first-order valence-electron chi connectivity index (χ1n) is 7.24. The first kappa shape index (κ1) is 18.3. The summed E-state index contributed by atoms with van der Waals surface area (Å²) < 4.78 is 15.0. The van der Waals surface area contributed by atoms with E-state index in [0.29, 0.717) is 11.4 Å². The number of carbonyl (C=O) groups excluding carboxylic acids is 2. The fourth-order valence-electron chi connectivity index (χ4n) is 1.66. The van der Waals surface area contributed by atoms with E-state index >= 15 is 0 Å². The van der Waals surface area contributed by atoms with Crippen molar-refractivity contribution in [3.8, 4) is 5.75 Å². The molecule has 1 N–H and O–H groups in total. The van der Waals surface area contributed by atoms with Crippen LogP contribution in [0.4, 0.5) is 5.69 Å². The maximum Gasteiger partial charge on any atom is 0.339 e. The lowest BCUT2D eigenvalue weighted by molar-refractivity contribution is -0.138. The van der Waals surface area contributed by atoms with Crippen molar-refractivity contribution in [2.45, 2.75) is 13.8 Å². The summed E-state index contributed by atoms with van der Waals surface area (Å²) in [5.41, 5.74) is 0.868. The van der Waals surface area contributed by atoms with Crippen LogP contribution < -0.4 is 10.1 Å². The Morgan fingerprint density at radius 3 is 2.43 bits per heavy atom. The van der Waals surface area contributed by atoms with Crippen molar-refractivity contribution in [1.29, 1.82) is 0 Å². The number of nitrogens with one attached hydrogen (secondary N) is 1. The van der Waals surface area contributed by atoms with Crippen molar-refractivity contribution in [3.63, 3.8) is 0 Å². The molecule has 0 saturated heterocycles. The van der Waals surface area contributed by atoms with Gasteiger partial charge in [0, 0.05) is 12.3 Å². The Morgan fingerprint density at radius 2 is 1.78 bits per heavy atom. The minimum absolute atomic E-state index is 0.186. The SMILES string of the molecule is CCOC(=O)/C=C/C(=C/Nc1ccccc1OC)C(=O)OCC. The summed E-state index contributed by atoms with van der Waals surface area (Å²) in [5, 5.41) is 2.97. The molecule has 0 fully saturated rings. The van der Waals surface area contributed by atoms with Gasteiger partial charge < -0.3 is 19.5 Å². The molecule has 0 aromatic heterocycles. The minimum atomic E-state index is -0.546. The number of anilines is 1. The summed E-state index contributed by atoms with van der Waals surface area (Å²) >= 11 is 0. The largest absolute Gasteiger partial charge is 0.495 e. The third kappa shape index (κ3) is 6.25. The van der Waals surface area contributed by atoms with Gasteiger partial charge in [-0.05, 0) is 32.1 Å². The van der Waals surface area contributed by atoms with Crippen LogP contribution in [0.3, 0.4) is 0 Å². The van der Waals surface area contributed by atoms with Crippen molar-refractivity contribution in [2.75, 3.05) is 25.6 Å². The molecule has 0 unspecified atom stereocenters. The molecule has 0 aliphatic rings. The number of carbonyl (C=O) groups is 2. The molecule has 0 heterocycles. The molecule has 0 saturated carbocycles. The number of rotatable bonds is 8. The van der Waals surface area contributed by atoms with E-state index in [9.17, 15) is 9.59 Å². The van der Waals surface area contributed by atoms with Gasteiger partial charge in [-0.1, -0.05) is 12.1 Å². The van der Waals surface area contributed by atoms with E-state index in [2.05, 4.69) is 5.32 Å². The topological polar surface area (TPSA) is 73.9 Å². The Kier molecular flexibility index (Phi) is 7.99. The average molecular weight is 319 g/mol. The monoisotopic (exact) mass is 319 g/mol. The number of hydrogen-bond donors (Lipinski definition) is 1. The highest BCUT2D eigenvalue weighted by molar-refractivity contribution is 5.94. The second-order valence-electron chi connectivity index (χ2n) is 4.25. The summed E-state index contributed by atoms with van der Waals surface area (Å²) in [7, 11) is 1.55. The van der Waals surface area contributed by atoms with Gasteiger partial charge >= 0.3 is 11.9 Å². The second kappa shape index (κ2) is 10.0. The molecule has 23 heavy (non-hydrogen) atoms. The first-order valence-corrected chi connectivity index (χ1v) is 7.24. The maximum absolute atomic E-state index is 11.9. The van der Waals surface area contributed by atoms with Crippen LogP contribution in [0.2, 0.25) is 0 Å². The van der Waals surface area contributed by atoms with Crippen LogP contribution in [0.25, 0.3) is 0 Å². The van der Waals surface area contributed by atoms with Crippen LogP contribution in [0, 0.1) is 0 Å². The molecule has 124 valence electrons. The fraction of sp³-hybridized carbons (Fsp3) is 0.294. The van der Waals surface area contributed by atoms with Crippen LogP contribution in [0.1, 0.15) is 13.8 Å². The van der Waals surface area contributed by atoms with Gasteiger partial charge in [0.05, 0.1) is 31.6 Å². The van der Waals surface area contributed by atoms with Gasteiger partial charge in [-0.15, -0.1) is 0 Å². The van der Waals surface area contributed by atoms with Gasteiger partial charge in [-0.25, -0.2) is 9.59 Å². The Labute approximate surface area is 135 Å². The highest BCUT2D eigenvalue weighted by Gasteiger charge is 2.09. The van der Waals surface area contributed by atoms with Gasteiger partial charge in [0.1, 0.15) is 5.75 Å². The predicted molar refractivity (Wildman–Crippen MR) is 87.1 cm³/mol. The van der Waals surface area contributed by atoms with E-state index in [4.69, 9.17) is 14.2 Å². The van der Waals surface area contributed by atoms with E-state index in [1.54, 1.807) is 33.1 Å². The molecule has 1 aromatic carbocycles. The fourth-order valence-corrected chi connectivity index (χ4v) is 1.66. The van der Waals surface area contributed by atoms with Gasteiger partial charge in [0.2, 0.25) is 0 Å². The standard InChI is InChI=1S/C17H21NO5/c1-4-22-16(19)11-10-13(17(20)23-5-2)12-18-14-8-6-7-9-15(14)21-3/h6-12,18H,4-5H2,1-3H3/b11-10+,13-12-. The number of hydrogen-bond acceptors (Lipinski definition) is 6. The molecule has 0 radical (unpaired) electrons. The average Bonchev–Trinajstić information content (AvgIpc) is 2.55. The molecule has 6 nitrogen and oxygen atoms in total. The van der Waals surface area contributed by atoms with Crippen molar-refractivity contribution in [3.05, 3.63) is 48.2 Å². The highest BCUT2D eigenvalue weighted by atomic mass is 16.5. The number of ether oxygens (including phenoxy) is 3. The zero-order chi connectivity index (χ0) is 17.1. The van der Waals surface area contributed by atoms with Crippen LogP contribution in [0.15, 0.2) is 48.2 Å². The predicted octanol–water partition coefficient (Wildman–Crippen LogP) is 2.67. The molecule has 0 spiro atoms. The van der Waals surface area contributed by atoms with Crippen LogP contribution in [-0.4, -0.2) is 32.3 Å². The molecule has 0 amide bonds. The zero-order valence-electron chi connectivity index (χ0n) is 13.5. The number of para-hydroxylation sites is 2. The Hall–Kier alpha value is -2.76. The van der Waals surface area contributed by atoms with Gasteiger partial charge in [0.15, 0.2) is 0 Å². The molecule has 0 bridgehead atoms. The van der Waals surface area contributed by atoms with E-state index < -0.39 is 11.9 Å². The second-order valence-corrected chi connectivity index (χ2v) is 4.25. The van der Waals surface area contributed by atoms with Crippen LogP contribution in [-0.2, 0) is 19.1 Å². The van der Waals surface area contributed by atoms with Crippen molar-refractivity contribution in [1.82, 2.24) is 0 Å². The molecular formula is C17H21NO5. The number of methoxy groups -OCH3 is 1. The molecule has 1 aromatic rings. The van der Waals surface area contributed by atoms with E-state index in [0.717, 1.165) is 0 Å². The van der Waals surface area contributed by atoms with Gasteiger partial charge in [0.25, 0.3) is 0 Å². The molecule has 6 heteroatoms. The zero-order valence-corrected chi connectivity index (χ0v) is 13.5.